The van der Waals surface area contributed by atoms with E-state index in [1.165, 1.54) is 0 Å². The van der Waals surface area contributed by atoms with Crippen LogP contribution in [0.15, 0.2) is 48.5 Å². The molecule has 2 N–H and O–H groups in total. The van der Waals surface area contributed by atoms with Crippen molar-refractivity contribution in [3.63, 3.8) is 0 Å². The van der Waals surface area contributed by atoms with Crippen LogP contribution < -0.4 is 15.4 Å². The highest BCUT2D eigenvalue weighted by atomic mass is 16.5. The summed E-state index contributed by atoms with van der Waals surface area (Å²) < 4.78 is 5.11. The smallest absolute Gasteiger partial charge is 0.226 e. The molecule has 0 heterocycles. The molecule has 0 saturated heterocycles. The largest absolute Gasteiger partial charge is 0.497 e. The number of carbonyl (C=O) groups is 1. The summed E-state index contributed by atoms with van der Waals surface area (Å²) in [5.74, 6) is 0.612. The van der Waals surface area contributed by atoms with Gasteiger partial charge in [0.25, 0.3) is 0 Å². The minimum atomic E-state index is -0.0859. The van der Waals surface area contributed by atoms with Gasteiger partial charge in [0.05, 0.1) is 18.7 Å². The van der Waals surface area contributed by atoms with Crippen molar-refractivity contribution in [3.8, 4) is 11.8 Å². The van der Waals surface area contributed by atoms with Crippen molar-refractivity contribution >= 4 is 17.3 Å². The summed E-state index contributed by atoms with van der Waals surface area (Å²) in [6, 6.07) is 16.4. The molecule has 0 aliphatic heterocycles. The zero-order valence-electron chi connectivity index (χ0n) is 12.3. The highest BCUT2D eigenvalue weighted by Crippen LogP contribution is 2.16. The minimum Gasteiger partial charge on any atom is -0.497 e. The van der Waals surface area contributed by atoms with Crippen LogP contribution in [0, 0.1) is 11.3 Å². The first-order chi connectivity index (χ1) is 10.7. The van der Waals surface area contributed by atoms with E-state index in [0.29, 0.717) is 30.0 Å². The van der Waals surface area contributed by atoms with Gasteiger partial charge in [-0.05, 0) is 30.3 Å². The number of methoxy groups -OCH3 is 1. The maximum atomic E-state index is 11.9. The van der Waals surface area contributed by atoms with Crippen molar-refractivity contribution < 1.29 is 9.53 Å². The molecule has 0 spiro atoms. The third kappa shape index (κ3) is 4.53. The molecule has 2 aromatic carbocycles. The van der Waals surface area contributed by atoms with E-state index in [0.717, 1.165) is 5.69 Å². The summed E-state index contributed by atoms with van der Waals surface area (Å²) in [5.41, 5.74) is 2.12. The van der Waals surface area contributed by atoms with Crippen molar-refractivity contribution in [1.82, 2.24) is 0 Å². The van der Waals surface area contributed by atoms with Crippen LogP contribution in [0.5, 0.6) is 5.75 Å². The quantitative estimate of drug-likeness (QED) is 0.859. The Morgan fingerprint density at radius 1 is 1.18 bits per heavy atom. The van der Waals surface area contributed by atoms with Gasteiger partial charge in [0.2, 0.25) is 5.91 Å². The van der Waals surface area contributed by atoms with Gasteiger partial charge < -0.3 is 15.4 Å². The standard InChI is InChI=1S/C17H17N3O2/c1-22-16-7-3-6-15(11-16)20-17(21)8-9-19-14-5-2-4-13(10-14)12-18/h2-7,10-11,19H,8-9H2,1H3,(H,20,21). The van der Waals surface area contributed by atoms with Gasteiger partial charge in [0.1, 0.15) is 5.75 Å². The maximum Gasteiger partial charge on any atom is 0.226 e. The number of carbonyl (C=O) groups excluding carboxylic acids is 1. The Morgan fingerprint density at radius 3 is 2.73 bits per heavy atom. The van der Waals surface area contributed by atoms with E-state index in [4.69, 9.17) is 10.00 Å². The summed E-state index contributed by atoms with van der Waals surface area (Å²) >= 11 is 0. The normalized spacial score (nSPS) is 9.64. The second-order valence-electron chi connectivity index (χ2n) is 4.65. The first kappa shape index (κ1) is 15.4. The Bertz CT molecular complexity index is 692. The minimum absolute atomic E-state index is 0.0859. The zero-order chi connectivity index (χ0) is 15.8. The summed E-state index contributed by atoms with van der Waals surface area (Å²) in [6.07, 6.45) is 0.327. The van der Waals surface area contributed by atoms with Gasteiger partial charge in [-0.25, -0.2) is 0 Å². The predicted molar refractivity (Wildman–Crippen MR) is 85.9 cm³/mol. The molecule has 2 rings (SSSR count). The summed E-state index contributed by atoms with van der Waals surface area (Å²) in [5, 5.41) is 14.8. The molecule has 112 valence electrons. The van der Waals surface area contributed by atoms with Crippen molar-refractivity contribution in [2.75, 3.05) is 24.3 Å². The summed E-state index contributed by atoms with van der Waals surface area (Å²) in [7, 11) is 1.58. The first-order valence-electron chi connectivity index (χ1n) is 6.89. The van der Waals surface area contributed by atoms with E-state index in [-0.39, 0.29) is 5.91 Å². The second-order valence-corrected chi connectivity index (χ2v) is 4.65. The highest BCUT2D eigenvalue weighted by Gasteiger charge is 2.03. The van der Waals surface area contributed by atoms with E-state index >= 15 is 0 Å². The lowest BCUT2D eigenvalue weighted by Crippen LogP contribution is -2.16. The maximum absolute atomic E-state index is 11.9. The topological polar surface area (TPSA) is 74.2 Å². The molecule has 0 saturated carbocycles. The predicted octanol–water partition coefficient (Wildman–Crippen LogP) is 3.01. The van der Waals surface area contributed by atoms with Gasteiger partial charge in [-0.2, -0.15) is 5.26 Å². The molecule has 1 amide bonds. The van der Waals surface area contributed by atoms with Gasteiger partial charge in [0, 0.05) is 30.4 Å². The van der Waals surface area contributed by atoms with Crippen LogP contribution in [0.25, 0.3) is 0 Å². The summed E-state index contributed by atoms with van der Waals surface area (Å²) in [4.78, 5) is 11.9. The molecule has 0 aliphatic rings. The lowest BCUT2D eigenvalue weighted by atomic mass is 10.2. The van der Waals surface area contributed by atoms with Crippen molar-refractivity contribution in [2.45, 2.75) is 6.42 Å². The van der Waals surface area contributed by atoms with Gasteiger partial charge in [-0.1, -0.05) is 12.1 Å². The third-order valence-corrected chi connectivity index (χ3v) is 3.03. The van der Waals surface area contributed by atoms with Gasteiger partial charge in [-0.3, -0.25) is 4.79 Å². The van der Waals surface area contributed by atoms with E-state index in [2.05, 4.69) is 16.7 Å². The Balaban J connectivity index is 1.81. The van der Waals surface area contributed by atoms with Gasteiger partial charge in [-0.15, -0.1) is 0 Å². The fourth-order valence-electron chi connectivity index (χ4n) is 1.94. The molecule has 5 nitrogen and oxygen atoms in total. The lowest BCUT2D eigenvalue weighted by Gasteiger charge is -2.08. The Kier molecular flexibility index (Phi) is 5.38. The lowest BCUT2D eigenvalue weighted by molar-refractivity contribution is -0.115. The Morgan fingerprint density at radius 2 is 1.95 bits per heavy atom. The SMILES string of the molecule is COc1cccc(NC(=O)CCNc2cccc(C#N)c2)c1. The molecule has 0 unspecified atom stereocenters. The Labute approximate surface area is 129 Å². The van der Waals surface area contributed by atoms with Gasteiger partial charge in [0.15, 0.2) is 0 Å². The van der Waals surface area contributed by atoms with Crippen LogP contribution in [0.3, 0.4) is 0 Å². The van der Waals surface area contributed by atoms with Crippen molar-refractivity contribution in [2.24, 2.45) is 0 Å². The number of anilines is 2. The van der Waals surface area contributed by atoms with E-state index in [9.17, 15) is 4.79 Å². The van der Waals surface area contributed by atoms with E-state index in [1.54, 1.807) is 31.4 Å². The van der Waals surface area contributed by atoms with Crippen molar-refractivity contribution in [3.05, 3.63) is 54.1 Å². The zero-order valence-corrected chi connectivity index (χ0v) is 12.3. The average Bonchev–Trinajstić information content (AvgIpc) is 2.55. The number of benzene rings is 2. The molecule has 0 radical (unpaired) electrons. The number of rotatable bonds is 6. The highest BCUT2D eigenvalue weighted by molar-refractivity contribution is 5.91. The van der Waals surface area contributed by atoms with E-state index < -0.39 is 0 Å². The molecule has 0 atom stereocenters. The van der Waals surface area contributed by atoms with Crippen LogP contribution in [-0.4, -0.2) is 19.6 Å². The summed E-state index contributed by atoms with van der Waals surface area (Å²) in [6.45, 7) is 0.491. The number of nitriles is 1. The number of amides is 1. The fraction of sp³-hybridized carbons (Fsp3) is 0.176. The molecule has 22 heavy (non-hydrogen) atoms. The fourth-order valence-corrected chi connectivity index (χ4v) is 1.94. The number of ether oxygens (including phenoxy) is 1. The van der Waals surface area contributed by atoms with E-state index in [1.807, 2.05) is 24.3 Å². The Hall–Kier alpha value is -3.00. The van der Waals surface area contributed by atoms with Crippen LogP contribution >= 0.6 is 0 Å². The molecule has 0 aromatic heterocycles. The molecule has 0 fully saturated rings. The van der Waals surface area contributed by atoms with Gasteiger partial charge >= 0.3 is 0 Å². The van der Waals surface area contributed by atoms with Crippen LogP contribution in [0.4, 0.5) is 11.4 Å². The number of nitrogens with zero attached hydrogens (tertiary/aromatic N) is 1. The molecule has 0 aliphatic carbocycles. The number of hydrogen-bond donors (Lipinski definition) is 2. The molecule has 2 aromatic rings. The number of nitrogens with one attached hydrogen (secondary N) is 2. The second kappa shape index (κ2) is 7.70. The molecule has 5 heteroatoms. The number of hydrogen-bond acceptors (Lipinski definition) is 4. The van der Waals surface area contributed by atoms with Crippen LogP contribution in [0.1, 0.15) is 12.0 Å². The van der Waals surface area contributed by atoms with Crippen molar-refractivity contribution in [1.29, 1.82) is 5.26 Å². The third-order valence-electron chi connectivity index (χ3n) is 3.03. The molecule has 0 bridgehead atoms. The average molecular weight is 295 g/mol. The van der Waals surface area contributed by atoms with Crippen LogP contribution in [0.2, 0.25) is 0 Å². The monoisotopic (exact) mass is 295 g/mol. The molecular formula is C17H17N3O2. The van der Waals surface area contributed by atoms with Crippen LogP contribution in [-0.2, 0) is 4.79 Å². The first-order valence-corrected chi connectivity index (χ1v) is 6.89. The molecular weight excluding hydrogens is 278 g/mol.